The molecule has 4 N–H and O–H groups in total. The summed E-state index contributed by atoms with van der Waals surface area (Å²) in [6.45, 7) is 6.21. The van der Waals surface area contributed by atoms with Gasteiger partial charge in [0.1, 0.15) is 5.82 Å². The molecule has 0 aromatic heterocycles. The average molecular weight is 267 g/mol. The first-order chi connectivity index (χ1) is 8.95. The van der Waals surface area contributed by atoms with Gasteiger partial charge in [-0.2, -0.15) is 0 Å². The summed E-state index contributed by atoms with van der Waals surface area (Å²) in [4.78, 5) is 12.1. The normalized spacial score (nSPS) is 12.3. The predicted octanol–water partition coefficient (Wildman–Crippen LogP) is 2.67. The fourth-order valence-corrected chi connectivity index (χ4v) is 1.82. The summed E-state index contributed by atoms with van der Waals surface area (Å²) in [7, 11) is 0. The third kappa shape index (κ3) is 4.52. The Morgan fingerprint density at radius 2 is 2.00 bits per heavy atom. The molecule has 0 aliphatic carbocycles. The number of carbonyl (C=O) groups is 1. The van der Waals surface area contributed by atoms with Crippen LogP contribution in [0.3, 0.4) is 0 Å². The fourth-order valence-electron chi connectivity index (χ4n) is 1.82. The van der Waals surface area contributed by atoms with Crippen LogP contribution in [0.2, 0.25) is 0 Å². The van der Waals surface area contributed by atoms with Crippen LogP contribution < -0.4 is 16.6 Å². The number of rotatable bonds is 6. The van der Waals surface area contributed by atoms with Gasteiger partial charge in [0, 0.05) is 6.04 Å². The van der Waals surface area contributed by atoms with Gasteiger partial charge in [0.25, 0.3) is 5.91 Å². The predicted molar refractivity (Wildman–Crippen MR) is 75.2 cm³/mol. The Morgan fingerprint density at radius 1 is 1.32 bits per heavy atom. The number of benzene rings is 1. The first-order valence-corrected chi connectivity index (χ1v) is 6.51. The van der Waals surface area contributed by atoms with E-state index in [-0.39, 0.29) is 23.2 Å². The fraction of sp³-hybridized carbons (Fsp3) is 0.500. The minimum atomic E-state index is -0.537. The van der Waals surface area contributed by atoms with Crippen molar-refractivity contribution in [2.75, 3.05) is 5.43 Å². The van der Waals surface area contributed by atoms with Crippen LogP contribution in [0.25, 0.3) is 0 Å². The van der Waals surface area contributed by atoms with Crippen LogP contribution in [0.15, 0.2) is 18.2 Å². The molecule has 5 heteroatoms. The topological polar surface area (TPSA) is 67.2 Å². The van der Waals surface area contributed by atoms with Crippen LogP contribution in [-0.4, -0.2) is 11.9 Å². The van der Waals surface area contributed by atoms with Crippen molar-refractivity contribution in [1.29, 1.82) is 0 Å². The van der Waals surface area contributed by atoms with Gasteiger partial charge < -0.3 is 10.7 Å². The van der Waals surface area contributed by atoms with Crippen molar-refractivity contribution in [3.63, 3.8) is 0 Å². The van der Waals surface area contributed by atoms with Gasteiger partial charge >= 0.3 is 0 Å². The molecule has 0 bridgehead atoms. The molecule has 0 radical (unpaired) electrons. The highest BCUT2D eigenvalue weighted by molar-refractivity contribution is 5.99. The molecule has 4 nitrogen and oxygen atoms in total. The lowest BCUT2D eigenvalue weighted by Crippen LogP contribution is -2.33. The van der Waals surface area contributed by atoms with Gasteiger partial charge in [0.05, 0.1) is 11.3 Å². The molecule has 0 saturated heterocycles. The van der Waals surface area contributed by atoms with E-state index in [1.165, 1.54) is 12.1 Å². The number of anilines is 1. The molecule has 1 atom stereocenters. The molecule has 19 heavy (non-hydrogen) atoms. The van der Waals surface area contributed by atoms with Crippen molar-refractivity contribution in [2.24, 2.45) is 11.8 Å². The van der Waals surface area contributed by atoms with Crippen LogP contribution in [0.5, 0.6) is 0 Å². The summed E-state index contributed by atoms with van der Waals surface area (Å²) in [5, 5.41) is 2.85. The van der Waals surface area contributed by atoms with Crippen LogP contribution >= 0.6 is 0 Å². The largest absolute Gasteiger partial charge is 0.350 e. The van der Waals surface area contributed by atoms with E-state index in [9.17, 15) is 9.18 Å². The first kappa shape index (κ1) is 15.4. The van der Waals surface area contributed by atoms with Gasteiger partial charge in [-0.15, -0.1) is 0 Å². The number of amides is 1. The van der Waals surface area contributed by atoms with Crippen LogP contribution in [-0.2, 0) is 0 Å². The monoisotopic (exact) mass is 267 g/mol. The third-order valence-corrected chi connectivity index (χ3v) is 2.96. The van der Waals surface area contributed by atoms with Crippen molar-refractivity contribution in [3.05, 3.63) is 29.6 Å². The molecule has 0 fully saturated rings. The molecule has 1 aromatic rings. The van der Waals surface area contributed by atoms with Gasteiger partial charge in [-0.3, -0.25) is 10.6 Å². The number of hydrogen-bond donors (Lipinski definition) is 3. The van der Waals surface area contributed by atoms with Gasteiger partial charge in [-0.1, -0.05) is 19.9 Å². The minimum absolute atomic E-state index is 0.0241. The maximum Gasteiger partial charge on any atom is 0.253 e. The number of hydrogen-bond acceptors (Lipinski definition) is 3. The number of halogens is 1. The van der Waals surface area contributed by atoms with E-state index in [1.807, 2.05) is 6.92 Å². The van der Waals surface area contributed by atoms with Gasteiger partial charge in [0.2, 0.25) is 0 Å². The quantitative estimate of drug-likeness (QED) is 0.548. The molecule has 1 amide bonds. The van der Waals surface area contributed by atoms with E-state index >= 15 is 0 Å². The SMILES string of the molecule is CC(C)CCC(C)NC(=O)c1cccc(F)c1NN. The summed E-state index contributed by atoms with van der Waals surface area (Å²) in [5.41, 5.74) is 2.48. The lowest BCUT2D eigenvalue weighted by molar-refractivity contribution is 0.0937. The van der Waals surface area contributed by atoms with Gasteiger partial charge in [-0.05, 0) is 37.8 Å². The molecule has 1 unspecified atom stereocenters. The second-order valence-electron chi connectivity index (χ2n) is 5.15. The van der Waals surface area contributed by atoms with Crippen molar-refractivity contribution < 1.29 is 9.18 Å². The summed E-state index contributed by atoms with van der Waals surface area (Å²) >= 11 is 0. The molecule has 106 valence electrons. The highest BCUT2D eigenvalue weighted by Gasteiger charge is 2.16. The van der Waals surface area contributed by atoms with Crippen molar-refractivity contribution in [2.45, 2.75) is 39.7 Å². The van der Waals surface area contributed by atoms with E-state index in [4.69, 9.17) is 5.84 Å². The molecule has 0 heterocycles. The summed E-state index contributed by atoms with van der Waals surface area (Å²) in [5.74, 6) is 4.99. The van der Waals surface area contributed by atoms with E-state index in [1.54, 1.807) is 6.07 Å². The number of hydrazine groups is 1. The van der Waals surface area contributed by atoms with E-state index in [0.717, 1.165) is 12.8 Å². The summed E-state index contributed by atoms with van der Waals surface area (Å²) < 4.78 is 13.5. The lowest BCUT2D eigenvalue weighted by Gasteiger charge is -2.16. The van der Waals surface area contributed by atoms with Crippen LogP contribution in [0.4, 0.5) is 10.1 Å². The van der Waals surface area contributed by atoms with E-state index in [2.05, 4.69) is 24.6 Å². The maximum absolute atomic E-state index is 13.5. The Morgan fingerprint density at radius 3 is 2.58 bits per heavy atom. The Bertz CT molecular complexity index is 435. The van der Waals surface area contributed by atoms with E-state index in [0.29, 0.717) is 5.92 Å². The second kappa shape index (κ2) is 7.09. The van der Waals surface area contributed by atoms with Crippen LogP contribution in [0, 0.1) is 11.7 Å². The molecule has 0 saturated carbocycles. The Labute approximate surface area is 113 Å². The number of para-hydroxylation sites is 1. The van der Waals surface area contributed by atoms with Crippen molar-refractivity contribution in [1.82, 2.24) is 5.32 Å². The molecule has 0 spiro atoms. The molecule has 0 aliphatic rings. The zero-order valence-electron chi connectivity index (χ0n) is 11.7. The second-order valence-corrected chi connectivity index (χ2v) is 5.15. The highest BCUT2D eigenvalue weighted by Crippen LogP contribution is 2.18. The van der Waals surface area contributed by atoms with Crippen molar-refractivity contribution in [3.8, 4) is 0 Å². The zero-order valence-corrected chi connectivity index (χ0v) is 11.7. The molecular formula is C14H22FN3O. The number of nitrogen functional groups attached to an aromatic ring is 1. The molecule has 0 aliphatic heterocycles. The number of carbonyl (C=O) groups excluding carboxylic acids is 1. The maximum atomic E-state index is 13.5. The van der Waals surface area contributed by atoms with Gasteiger partial charge in [0.15, 0.2) is 0 Å². The first-order valence-electron chi connectivity index (χ1n) is 6.51. The average Bonchev–Trinajstić information content (AvgIpc) is 2.36. The Kier molecular flexibility index (Phi) is 5.76. The minimum Gasteiger partial charge on any atom is -0.350 e. The zero-order chi connectivity index (χ0) is 14.4. The highest BCUT2D eigenvalue weighted by atomic mass is 19.1. The molecular weight excluding hydrogens is 245 g/mol. The summed E-state index contributed by atoms with van der Waals surface area (Å²) in [6.07, 6.45) is 1.93. The third-order valence-electron chi connectivity index (χ3n) is 2.96. The Balaban J connectivity index is 2.70. The van der Waals surface area contributed by atoms with E-state index < -0.39 is 5.82 Å². The number of nitrogens with one attached hydrogen (secondary N) is 2. The summed E-state index contributed by atoms with van der Waals surface area (Å²) in [6, 6.07) is 4.34. The van der Waals surface area contributed by atoms with Crippen molar-refractivity contribution >= 4 is 11.6 Å². The number of nitrogens with two attached hydrogens (primary N) is 1. The van der Waals surface area contributed by atoms with Gasteiger partial charge in [-0.25, -0.2) is 4.39 Å². The lowest BCUT2D eigenvalue weighted by atomic mass is 10.0. The standard InChI is InChI=1S/C14H22FN3O/c1-9(2)7-8-10(3)17-14(19)11-5-4-6-12(15)13(11)18-16/h4-6,9-10,18H,7-8,16H2,1-3H3,(H,17,19). The Hall–Kier alpha value is -1.62. The molecule has 1 rings (SSSR count). The van der Waals surface area contributed by atoms with Crippen LogP contribution in [0.1, 0.15) is 44.0 Å². The smallest absolute Gasteiger partial charge is 0.253 e. The molecule has 1 aromatic carbocycles.